The second kappa shape index (κ2) is 12.6. The normalized spacial score (nSPS) is 13.1. The summed E-state index contributed by atoms with van der Waals surface area (Å²) in [6.45, 7) is 13.7. The second-order valence-corrected chi connectivity index (χ2v) is 21.4. The highest BCUT2D eigenvalue weighted by Gasteiger charge is 2.30. The van der Waals surface area contributed by atoms with Gasteiger partial charge in [-0.1, -0.05) is 126 Å². The number of rotatable bonds is 3. The molecule has 3 nitrogen and oxygen atoms in total. The minimum Gasteiger partial charge on any atom is -0.455 e. The molecule has 4 aromatic heterocycles. The van der Waals surface area contributed by atoms with Crippen LogP contribution in [0.3, 0.4) is 0 Å². The van der Waals surface area contributed by atoms with Crippen LogP contribution in [-0.4, -0.2) is 11.8 Å². The van der Waals surface area contributed by atoms with Crippen LogP contribution >= 0.6 is 22.7 Å². The zero-order chi connectivity index (χ0) is 41.8. The number of anilines is 2. The van der Waals surface area contributed by atoms with Gasteiger partial charge in [0.05, 0.1) is 10.9 Å². The minimum atomic E-state index is 0.0684. The lowest BCUT2D eigenvalue weighted by Gasteiger charge is -2.24. The number of nitrogens with one attached hydrogen (secondary N) is 1. The van der Waals surface area contributed by atoms with Crippen LogP contribution in [0.5, 0.6) is 0 Å². The molecule has 8 aromatic carbocycles. The molecule has 0 atom stereocenters. The van der Waals surface area contributed by atoms with Gasteiger partial charge in [-0.05, 0) is 99.0 Å². The maximum Gasteiger partial charge on any atom is 0.197 e. The van der Waals surface area contributed by atoms with E-state index in [-0.39, 0.29) is 10.8 Å². The predicted molar refractivity (Wildman–Crippen MR) is 271 cm³/mol. The van der Waals surface area contributed by atoms with E-state index in [0.29, 0.717) is 0 Å². The summed E-state index contributed by atoms with van der Waals surface area (Å²) in [5, 5.41) is 13.8. The van der Waals surface area contributed by atoms with Crippen molar-refractivity contribution in [2.75, 3.05) is 5.32 Å². The molecule has 1 aliphatic rings. The van der Waals surface area contributed by atoms with Gasteiger partial charge in [0, 0.05) is 79.3 Å². The average molecular weight is 834 g/mol. The molecule has 0 unspecified atom stereocenters. The van der Waals surface area contributed by atoms with Crippen LogP contribution < -0.4 is 16.2 Å². The molecule has 1 N–H and O–H groups in total. The summed E-state index contributed by atoms with van der Waals surface area (Å²) in [5.41, 5.74) is 15.2. The Morgan fingerprint density at radius 2 is 1.19 bits per heavy atom. The standard InChI is InChI=1S/C56H42BN2OS2/c1-55(2,3)30-15-18-32(19-16-30)58-43-28-49-40(35-20-17-31(56(4,5)6)25-48(35)62-49)26-39(43)36-21-22-38-51-44(24-23-37-33-11-7-9-13-46(33)60-54(37)51)59-45-29-50-41(27-42(45)57-52(36)53(38)59)34-12-8-10-14-47(34)61-50/h7-29,58H,1-6H3. The number of thiophene rings is 2. The van der Waals surface area contributed by atoms with Gasteiger partial charge in [-0.15, -0.1) is 22.7 Å². The number of hydrogen-bond donors (Lipinski definition) is 1. The van der Waals surface area contributed by atoms with Crippen LogP contribution in [0, 0.1) is 0 Å². The van der Waals surface area contributed by atoms with Crippen LogP contribution in [0.15, 0.2) is 144 Å². The van der Waals surface area contributed by atoms with Crippen molar-refractivity contribution in [1.82, 2.24) is 4.57 Å². The smallest absolute Gasteiger partial charge is 0.197 e. The van der Waals surface area contributed by atoms with Crippen molar-refractivity contribution in [3.63, 3.8) is 0 Å². The lowest BCUT2D eigenvalue weighted by atomic mass is 9.59. The highest BCUT2D eigenvalue weighted by atomic mass is 32.1. The van der Waals surface area contributed by atoms with Crippen LogP contribution in [0.25, 0.3) is 101 Å². The molecule has 0 spiro atoms. The number of fused-ring (bicyclic) bond motifs is 15. The Kier molecular flexibility index (Phi) is 7.40. The first-order valence-electron chi connectivity index (χ1n) is 21.6. The van der Waals surface area contributed by atoms with Gasteiger partial charge in [0.1, 0.15) is 11.2 Å². The molecule has 0 saturated heterocycles. The van der Waals surface area contributed by atoms with Gasteiger partial charge >= 0.3 is 0 Å². The van der Waals surface area contributed by atoms with E-state index in [9.17, 15) is 0 Å². The number of para-hydroxylation sites is 1. The number of aromatic nitrogens is 1. The molecule has 0 saturated carbocycles. The molecule has 297 valence electrons. The Bertz CT molecular complexity index is 3880. The number of furan rings is 1. The van der Waals surface area contributed by atoms with E-state index in [2.05, 4.69) is 198 Å². The molecule has 0 aliphatic carbocycles. The molecule has 0 amide bonds. The fourth-order valence-corrected chi connectivity index (χ4v) is 12.4. The summed E-state index contributed by atoms with van der Waals surface area (Å²) in [6.07, 6.45) is 0. The largest absolute Gasteiger partial charge is 0.455 e. The average Bonchev–Trinajstić information content (AvgIpc) is 4.01. The van der Waals surface area contributed by atoms with Crippen molar-refractivity contribution in [2.24, 2.45) is 0 Å². The van der Waals surface area contributed by atoms with Crippen LogP contribution in [0.4, 0.5) is 11.4 Å². The summed E-state index contributed by atoms with van der Waals surface area (Å²) in [7, 11) is 2.46. The second-order valence-electron chi connectivity index (χ2n) is 19.3. The molecule has 12 aromatic rings. The number of hydrogen-bond acceptors (Lipinski definition) is 4. The lowest BCUT2D eigenvalue weighted by molar-refractivity contribution is 0.590. The molecule has 0 fully saturated rings. The minimum absolute atomic E-state index is 0.0684. The molecule has 1 radical (unpaired) electrons. The Labute approximate surface area is 368 Å². The van der Waals surface area contributed by atoms with Gasteiger partial charge in [0.25, 0.3) is 0 Å². The van der Waals surface area contributed by atoms with Crippen molar-refractivity contribution in [2.45, 2.75) is 52.4 Å². The van der Waals surface area contributed by atoms with E-state index in [4.69, 9.17) is 4.42 Å². The fourth-order valence-electron chi connectivity index (χ4n) is 10.1. The van der Waals surface area contributed by atoms with Crippen LogP contribution in [0.2, 0.25) is 0 Å². The third-order valence-electron chi connectivity index (χ3n) is 13.3. The summed E-state index contributed by atoms with van der Waals surface area (Å²) >= 11 is 3.77. The van der Waals surface area contributed by atoms with Crippen molar-refractivity contribution >= 4 is 136 Å². The summed E-state index contributed by atoms with van der Waals surface area (Å²) < 4.78 is 14.5. The van der Waals surface area contributed by atoms with Crippen LogP contribution in [-0.2, 0) is 10.8 Å². The zero-order valence-corrected chi connectivity index (χ0v) is 37.2. The summed E-state index contributed by atoms with van der Waals surface area (Å²) in [5.74, 6) is 0. The van der Waals surface area contributed by atoms with E-state index in [1.807, 2.05) is 22.7 Å². The third-order valence-corrected chi connectivity index (χ3v) is 15.6. The van der Waals surface area contributed by atoms with Gasteiger partial charge in [0.15, 0.2) is 7.28 Å². The highest BCUT2D eigenvalue weighted by Crippen LogP contribution is 2.46. The van der Waals surface area contributed by atoms with Crippen LogP contribution in [0.1, 0.15) is 52.7 Å². The first-order valence-corrected chi connectivity index (χ1v) is 23.2. The summed E-state index contributed by atoms with van der Waals surface area (Å²) in [4.78, 5) is 0. The molecular weight excluding hydrogens is 792 g/mol. The Morgan fingerprint density at radius 3 is 2.02 bits per heavy atom. The molecule has 13 rings (SSSR count). The molecule has 6 heteroatoms. The molecule has 5 heterocycles. The van der Waals surface area contributed by atoms with E-state index in [0.717, 1.165) is 44.2 Å². The lowest BCUT2D eigenvalue weighted by Crippen LogP contribution is -2.37. The van der Waals surface area contributed by atoms with Gasteiger partial charge in [-0.3, -0.25) is 0 Å². The van der Waals surface area contributed by atoms with Crippen molar-refractivity contribution in [3.8, 4) is 16.8 Å². The molecule has 62 heavy (non-hydrogen) atoms. The maximum atomic E-state index is 6.80. The topological polar surface area (TPSA) is 30.1 Å². The van der Waals surface area contributed by atoms with E-state index < -0.39 is 0 Å². The first kappa shape index (κ1) is 36.3. The van der Waals surface area contributed by atoms with E-state index >= 15 is 0 Å². The van der Waals surface area contributed by atoms with Gasteiger partial charge < -0.3 is 14.3 Å². The van der Waals surface area contributed by atoms with Gasteiger partial charge in [-0.2, -0.15) is 0 Å². The Balaban J connectivity index is 1.11. The first-order chi connectivity index (χ1) is 30.0. The SMILES string of the molecule is CC(C)(C)c1ccc(Nc2cc3sc4cc(C(C)(C)C)ccc4c3cc2-c2ccc3c4c5oc6ccccc6c5ccc4n4c3c2[B]c2cc3c(cc2-4)sc2ccccc23)cc1. The van der Waals surface area contributed by atoms with E-state index in [1.165, 1.54) is 90.1 Å². The van der Waals surface area contributed by atoms with Crippen molar-refractivity contribution < 1.29 is 4.42 Å². The molecule has 0 bridgehead atoms. The van der Waals surface area contributed by atoms with Gasteiger partial charge in [-0.25, -0.2) is 0 Å². The highest BCUT2D eigenvalue weighted by molar-refractivity contribution is 7.26. The zero-order valence-electron chi connectivity index (χ0n) is 35.5. The maximum absolute atomic E-state index is 6.80. The summed E-state index contributed by atoms with van der Waals surface area (Å²) in [6, 6.07) is 52.3. The predicted octanol–water partition coefficient (Wildman–Crippen LogP) is 15.4. The fraction of sp³-hybridized carbons (Fsp3) is 0.143. The number of benzene rings is 8. The van der Waals surface area contributed by atoms with Gasteiger partial charge in [0.2, 0.25) is 0 Å². The van der Waals surface area contributed by atoms with Crippen molar-refractivity contribution in [1.29, 1.82) is 0 Å². The Hall–Kier alpha value is -6.34. The van der Waals surface area contributed by atoms with Crippen molar-refractivity contribution in [3.05, 3.63) is 151 Å². The number of nitrogens with zero attached hydrogens (tertiary/aromatic N) is 1. The Morgan fingerprint density at radius 1 is 0.532 bits per heavy atom. The molecular formula is C56H42BN2OS2. The molecule has 1 aliphatic heterocycles. The van der Waals surface area contributed by atoms with E-state index in [1.54, 1.807) is 0 Å². The quantitative estimate of drug-likeness (QED) is 0.180. The monoisotopic (exact) mass is 833 g/mol. The third kappa shape index (κ3) is 5.23.